The van der Waals surface area contributed by atoms with Crippen LogP contribution in [0.25, 0.3) is 0 Å². The zero-order chi connectivity index (χ0) is 14.7. The van der Waals surface area contributed by atoms with Crippen molar-refractivity contribution in [3.05, 3.63) is 69.0 Å². The Labute approximate surface area is 128 Å². The van der Waals surface area contributed by atoms with E-state index in [0.29, 0.717) is 6.42 Å². The monoisotopic (exact) mass is 311 g/mol. The van der Waals surface area contributed by atoms with Crippen LogP contribution in [0, 0.1) is 12.7 Å². The van der Waals surface area contributed by atoms with Crippen LogP contribution in [0.2, 0.25) is 10.0 Å². The van der Waals surface area contributed by atoms with Gasteiger partial charge in [0.15, 0.2) is 0 Å². The van der Waals surface area contributed by atoms with Gasteiger partial charge in [0.25, 0.3) is 0 Å². The second kappa shape index (κ2) is 6.57. The lowest BCUT2D eigenvalue weighted by molar-refractivity contribution is 0.589. The molecule has 0 aliphatic rings. The Balaban J connectivity index is 2.26. The maximum Gasteiger partial charge on any atom is 0.141 e. The molecule has 2 rings (SSSR count). The molecule has 0 amide bonds. The first-order chi connectivity index (χ1) is 9.51. The van der Waals surface area contributed by atoms with Crippen LogP contribution in [0.5, 0.6) is 0 Å². The SMILES string of the molecule is CNC(Cc1ccc(F)c(Cl)c1)c1ccc(C)cc1Cl. The van der Waals surface area contributed by atoms with Gasteiger partial charge in [-0.15, -0.1) is 0 Å². The summed E-state index contributed by atoms with van der Waals surface area (Å²) in [6.07, 6.45) is 0.694. The van der Waals surface area contributed by atoms with Gasteiger partial charge in [0, 0.05) is 11.1 Å². The van der Waals surface area contributed by atoms with E-state index in [1.54, 1.807) is 12.1 Å². The minimum absolute atomic E-state index is 0.0598. The van der Waals surface area contributed by atoms with Crippen LogP contribution in [0.4, 0.5) is 4.39 Å². The molecule has 1 unspecified atom stereocenters. The van der Waals surface area contributed by atoms with Crippen LogP contribution in [-0.4, -0.2) is 7.05 Å². The number of nitrogens with one attached hydrogen (secondary N) is 1. The average Bonchev–Trinajstić information content (AvgIpc) is 2.41. The Bertz CT molecular complexity index is 613. The molecule has 0 heterocycles. The zero-order valence-corrected chi connectivity index (χ0v) is 12.9. The molecule has 20 heavy (non-hydrogen) atoms. The molecule has 1 nitrogen and oxygen atoms in total. The predicted octanol–water partition coefficient (Wildman–Crippen LogP) is 4.94. The van der Waals surface area contributed by atoms with E-state index in [0.717, 1.165) is 21.7 Å². The van der Waals surface area contributed by atoms with Crippen molar-refractivity contribution in [3.8, 4) is 0 Å². The van der Waals surface area contributed by atoms with Crippen molar-refractivity contribution < 1.29 is 4.39 Å². The van der Waals surface area contributed by atoms with E-state index in [2.05, 4.69) is 5.32 Å². The number of hydrogen-bond acceptors (Lipinski definition) is 1. The van der Waals surface area contributed by atoms with Crippen molar-refractivity contribution in [2.24, 2.45) is 0 Å². The number of aryl methyl sites for hydroxylation is 1. The fourth-order valence-electron chi connectivity index (χ4n) is 2.18. The minimum atomic E-state index is -0.398. The van der Waals surface area contributed by atoms with Crippen molar-refractivity contribution in [3.63, 3.8) is 0 Å². The maximum atomic E-state index is 13.2. The minimum Gasteiger partial charge on any atom is -0.313 e. The molecular formula is C16H16Cl2FN. The highest BCUT2D eigenvalue weighted by atomic mass is 35.5. The Hall–Kier alpha value is -1.09. The molecule has 0 aromatic heterocycles. The van der Waals surface area contributed by atoms with E-state index in [4.69, 9.17) is 23.2 Å². The number of halogens is 3. The third kappa shape index (κ3) is 3.51. The second-order valence-corrected chi connectivity index (χ2v) is 5.63. The molecular weight excluding hydrogens is 296 g/mol. The van der Waals surface area contributed by atoms with E-state index in [-0.39, 0.29) is 11.1 Å². The highest BCUT2D eigenvalue weighted by Crippen LogP contribution is 2.27. The van der Waals surface area contributed by atoms with Crippen molar-refractivity contribution in [1.82, 2.24) is 5.32 Å². The molecule has 1 atom stereocenters. The molecule has 2 aromatic carbocycles. The van der Waals surface area contributed by atoms with Gasteiger partial charge in [-0.1, -0.05) is 41.4 Å². The summed E-state index contributed by atoms with van der Waals surface area (Å²) in [4.78, 5) is 0. The fraction of sp³-hybridized carbons (Fsp3) is 0.250. The summed E-state index contributed by atoms with van der Waals surface area (Å²) in [7, 11) is 1.88. The normalized spacial score (nSPS) is 12.4. The lowest BCUT2D eigenvalue weighted by Crippen LogP contribution is -2.19. The summed E-state index contributed by atoms with van der Waals surface area (Å²) in [5, 5.41) is 4.12. The molecule has 0 aliphatic carbocycles. The first-order valence-electron chi connectivity index (χ1n) is 6.38. The smallest absolute Gasteiger partial charge is 0.141 e. The van der Waals surface area contributed by atoms with E-state index < -0.39 is 5.82 Å². The molecule has 0 saturated heterocycles. The van der Waals surface area contributed by atoms with Gasteiger partial charge in [0.05, 0.1) is 5.02 Å². The highest BCUT2D eigenvalue weighted by Gasteiger charge is 2.14. The van der Waals surface area contributed by atoms with Gasteiger partial charge in [0.1, 0.15) is 5.82 Å². The van der Waals surface area contributed by atoms with Crippen molar-refractivity contribution in [1.29, 1.82) is 0 Å². The predicted molar refractivity (Wildman–Crippen MR) is 83.1 cm³/mol. The van der Waals surface area contributed by atoms with Gasteiger partial charge >= 0.3 is 0 Å². The standard InChI is InChI=1S/C16H16Cl2FN/c1-10-3-5-12(13(17)7-10)16(20-2)9-11-4-6-15(19)14(18)8-11/h3-8,16,20H,9H2,1-2H3. The topological polar surface area (TPSA) is 12.0 Å². The summed E-state index contributed by atoms with van der Waals surface area (Å²) in [6.45, 7) is 2.00. The second-order valence-electron chi connectivity index (χ2n) is 4.82. The van der Waals surface area contributed by atoms with Gasteiger partial charge in [-0.3, -0.25) is 0 Å². The molecule has 4 heteroatoms. The van der Waals surface area contributed by atoms with E-state index in [1.165, 1.54) is 6.07 Å². The third-order valence-electron chi connectivity index (χ3n) is 3.30. The molecule has 0 saturated carbocycles. The van der Waals surface area contributed by atoms with Crippen molar-refractivity contribution in [2.75, 3.05) is 7.05 Å². The fourth-order valence-corrected chi connectivity index (χ4v) is 2.75. The Morgan fingerprint density at radius 1 is 1.10 bits per heavy atom. The van der Waals surface area contributed by atoms with Crippen LogP contribution >= 0.6 is 23.2 Å². The zero-order valence-electron chi connectivity index (χ0n) is 11.4. The number of likely N-dealkylation sites (N-methyl/N-ethyl adjacent to an activating group) is 1. The van der Waals surface area contributed by atoms with E-state index >= 15 is 0 Å². The highest BCUT2D eigenvalue weighted by molar-refractivity contribution is 6.31. The summed E-state index contributed by atoms with van der Waals surface area (Å²) < 4.78 is 13.2. The van der Waals surface area contributed by atoms with Gasteiger partial charge in [-0.25, -0.2) is 4.39 Å². The quantitative estimate of drug-likeness (QED) is 0.843. The van der Waals surface area contributed by atoms with E-state index in [1.807, 2.05) is 32.2 Å². The summed E-state index contributed by atoms with van der Waals surface area (Å²) >= 11 is 12.1. The molecule has 0 aliphatic heterocycles. The summed E-state index contributed by atoms with van der Waals surface area (Å²) in [5.41, 5.74) is 3.12. The molecule has 2 aromatic rings. The lowest BCUT2D eigenvalue weighted by atomic mass is 9.98. The lowest BCUT2D eigenvalue weighted by Gasteiger charge is -2.18. The summed E-state index contributed by atoms with van der Waals surface area (Å²) in [6, 6.07) is 10.8. The van der Waals surface area contributed by atoms with Crippen molar-refractivity contribution >= 4 is 23.2 Å². The first kappa shape index (κ1) is 15.3. The molecule has 0 spiro atoms. The molecule has 1 N–H and O–H groups in total. The van der Waals surface area contributed by atoms with Crippen LogP contribution in [0.3, 0.4) is 0 Å². The van der Waals surface area contributed by atoms with Crippen LogP contribution < -0.4 is 5.32 Å². The Morgan fingerprint density at radius 3 is 2.45 bits per heavy atom. The van der Waals surface area contributed by atoms with Gasteiger partial charge < -0.3 is 5.32 Å². The summed E-state index contributed by atoms with van der Waals surface area (Å²) in [5.74, 6) is -0.398. The maximum absolute atomic E-state index is 13.2. The average molecular weight is 312 g/mol. The molecule has 106 valence electrons. The largest absolute Gasteiger partial charge is 0.313 e. The third-order valence-corrected chi connectivity index (χ3v) is 3.92. The van der Waals surface area contributed by atoms with Gasteiger partial charge in [-0.05, 0) is 55.3 Å². The number of benzene rings is 2. The Morgan fingerprint density at radius 2 is 1.85 bits per heavy atom. The number of rotatable bonds is 4. The van der Waals surface area contributed by atoms with Crippen LogP contribution in [0.1, 0.15) is 22.7 Å². The van der Waals surface area contributed by atoms with Gasteiger partial charge in [-0.2, -0.15) is 0 Å². The van der Waals surface area contributed by atoms with Crippen LogP contribution in [0.15, 0.2) is 36.4 Å². The van der Waals surface area contributed by atoms with Crippen molar-refractivity contribution in [2.45, 2.75) is 19.4 Å². The van der Waals surface area contributed by atoms with Crippen LogP contribution in [-0.2, 0) is 6.42 Å². The van der Waals surface area contributed by atoms with Gasteiger partial charge in [0.2, 0.25) is 0 Å². The molecule has 0 fully saturated rings. The van der Waals surface area contributed by atoms with E-state index in [9.17, 15) is 4.39 Å². The first-order valence-corrected chi connectivity index (χ1v) is 7.14. The number of hydrogen-bond donors (Lipinski definition) is 1. The molecule has 0 bridgehead atoms. The molecule has 0 radical (unpaired) electrons. The Kier molecular flexibility index (Phi) is 5.03.